The zero-order chi connectivity index (χ0) is 10.7. The molecule has 0 atom stereocenters. The second kappa shape index (κ2) is 4.15. The van der Waals surface area contributed by atoms with Gasteiger partial charge in [-0.3, -0.25) is 10.2 Å². The number of halogens is 2. The molecule has 0 fully saturated rings. The quantitative estimate of drug-likeness (QED) is 0.727. The van der Waals surface area contributed by atoms with Crippen molar-refractivity contribution in [2.45, 2.75) is 0 Å². The highest BCUT2D eigenvalue weighted by molar-refractivity contribution is 5.94. The molecule has 0 aromatic heterocycles. The first-order chi connectivity index (χ1) is 6.52. The lowest BCUT2D eigenvalue weighted by Crippen LogP contribution is -2.36. The van der Waals surface area contributed by atoms with Crippen LogP contribution < -0.4 is 5.43 Å². The summed E-state index contributed by atoms with van der Waals surface area (Å²) in [7, 11) is 3.16. The molecule has 0 bridgehead atoms. The van der Waals surface area contributed by atoms with Crippen LogP contribution in [0.5, 0.6) is 0 Å². The molecule has 0 heterocycles. The molecule has 14 heavy (non-hydrogen) atoms. The number of nitrogens with zero attached hydrogens (tertiary/aromatic N) is 1. The van der Waals surface area contributed by atoms with E-state index in [-0.39, 0.29) is 5.56 Å². The Balaban J connectivity index is 2.96. The average molecular weight is 200 g/mol. The van der Waals surface area contributed by atoms with Crippen LogP contribution in [0.2, 0.25) is 0 Å². The Morgan fingerprint density at radius 3 is 2.57 bits per heavy atom. The van der Waals surface area contributed by atoms with Crippen LogP contribution in [0.4, 0.5) is 8.78 Å². The topological polar surface area (TPSA) is 32.3 Å². The predicted octanol–water partition coefficient (Wildman–Crippen LogP) is 1.17. The van der Waals surface area contributed by atoms with Gasteiger partial charge in [0.1, 0.15) is 0 Å². The maximum atomic E-state index is 13.0. The van der Waals surface area contributed by atoms with E-state index in [0.717, 1.165) is 6.07 Å². The van der Waals surface area contributed by atoms with E-state index in [1.54, 1.807) is 14.1 Å². The molecule has 1 N–H and O–H groups in total. The molecule has 0 aliphatic rings. The molecule has 3 nitrogen and oxygen atoms in total. The molecule has 1 aromatic carbocycles. The van der Waals surface area contributed by atoms with E-state index in [2.05, 4.69) is 5.43 Å². The first-order valence-corrected chi connectivity index (χ1v) is 3.94. The number of carbonyl (C=O) groups excluding carboxylic acids is 1. The minimum Gasteiger partial charge on any atom is -0.285 e. The fourth-order valence-corrected chi connectivity index (χ4v) is 0.942. The van der Waals surface area contributed by atoms with Gasteiger partial charge in [0.15, 0.2) is 11.6 Å². The highest BCUT2D eigenvalue weighted by Crippen LogP contribution is 2.10. The number of carbonyl (C=O) groups is 1. The molecule has 0 unspecified atom stereocenters. The molecule has 0 spiro atoms. The zero-order valence-electron chi connectivity index (χ0n) is 7.84. The number of amides is 1. The van der Waals surface area contributed by atoms with Gasteiger partial charge < -0.3 is 0 Å². The van der Waals surface area contributed by atoms with Crippen molar-refractivity contribution >= 4 is 5.91 Å². The van der Waals surface area contributed by atoms with E-state index in [1.807, 2.05) is 0 Å². The summed E-state index contributed by atoms with van der Waals surface area (Å²) in [6.45, 7) is 0. The van der Waals surface area contributed by atoms with Crippen LogP contribution >= 0.6 is 0 Å². The third-order valence-electron chi connectivity index (χ3n) is 1.52. The van der Waals surface area contributed by atoms with E-state index in [4.69, 9.17) is 0 Å². The van der Waals surface area contributed by atoms with Crippen molar-refractivity contribution in [3.63, 3.8) is 0 Å². The summed E-state index contributed by atoms with van der Waals surface area (Å²) in [6.07, 6.45) is 0. The van der Waals surface area contributed by atoms with Crippen LogP contribution in [-0.2, 0) is 0 Å². The van der Waals surface area contributed by atoms with Gasteiger partial charge in [0.05, 0.1) is 5.56 Å². The van der Waals surface area contributed by atoms with Gasteiger partial charge in [0.2, 0.25) is 0 Å². The fraction of sp³-hybridized carbons (Fsp3) is 0.222. The van der Waals surface area contributed by atoms with Crippen LogP contribution in [0.15, 0.2) is 18.2 Å². The van der Waals surface area contributed by atoms with Crippen molar-refractivity contribution < 1.29 is 13.6 Å². The molecule has 1 rings (SSSR count). The first-order valence-electron chi connectivity index (χ1n) is 3.94. The number of hydrogen-bond donors (Lipinski definition) is 1. The highest BCUT2D eigenvalue weighted by Gasteiger charge is 2.14. The summed E-state index contributed by atoms with van der Waals surface area (Å²) in [4.78, 5) is 11.3. The summed E-state index contributed by atoms with van der Waals surface area (Å²) in [5.41, 5.74) is 2.01. The molecule has 1 amide bonds. The molecule has 76 valence electrons. The minimum atomic E-state index is -1.13. The largest absolute Gasteiger partial charge is 0.285 e. The van der Waals surface area contributed by atoms with Crippen molar-refractivity contribution in [1.29, 1.82) is 0 Å². The first kappa shape index (κ1) is 10.6. The van der Waals surface area contributed by atoms with Crippen LogP contribution in [-0.4, -0.2) is 25.0 Å². The van der Waals surface area contributed by atoms with Gasteiger partial charge in [-0.05, 0) is 12.1 Å². The van der Waals surface area contributed by atoms with Gasteiger partial charge in [-0.1, -0.05) is 6.07 Å². The Hall–Kier alpha value is -1.49. The van der Waals surface area contributed by atoms with Crippen molar-refractivity contribution in [2.24, 2.45) is 0 Å². The van der Waals surface area contributed by atoms with Gasteiger partial charge in [-0.2, -0.15) is 0 Å². The SMILES string of the molecule is CN(C)NC(=O)c1cccc(F)c1F. The Bertz CT molecular complexity index is 353. The van der Waals surface area contributed by atoms with E-state index < -0.39 is 17.5 Å². The van der Waals surface area contributed by atoms with E-state index in [1.165, 1.54) is 17.1 Å². The van der Waals surface area contributed by atoms with Crippen molar-refractivity contribution in [3.05, 3.63) is 35.4 Å². The number of hydrazine groups is 1. The maximum Gasteiger partial charge on any atom is 0.268 e. The molecule has 0 saturated carbocycles. The lowest BCUT2D eigenvalue weighted by Gasteiger charge is -2.11. The fourth-order valence-electron chi connectivity index (χ4n) is 0.942. The molecular weight excluding hydrogens is 190 g/mol. The van der Waals surface area contributed by atoms with Gasteiger partial charge in [-0.25, -0.2) is 13.8 Å². The van der Waals surface area contributed by atoms with Crippen LogP contribution in [0.3, 0.4) is 0 Å². The average Bonchev–Trinajstić information content (AvgIpc) is 2.08. The Kier molecular flexibility index (Phi) is 3.14. The standard InChI is InChI=1S/C9H10F2N2O/c1-13(2)12-9(14)6-4-3-5-7(10)8(6)11/h3-5H,1-2H3,(H,12,14). The van der Waals surface area contributed by atoms with E-state index in [9.17, 15) is 13.6 Å². The lowest BCUT2D eigenvalue weighted by molar-refractivity contribution is 0.0851. The molecule has 0 aliphatic carbocycles. The van der Waals surface area contributed by atoms with Crippen LogP contribution in [0, 0.1) is 11.6 Å². The van der Waals surface area contributed by atoms with Gasteiger partial charge >= 0.3 is 0 Å². The summed E-state index contributed by atoms with van der Waals surface area (Å²) in [5.74, 6) is -2.84. The monoisotopic (exact) mass is 200 g/mol. The smallest absolute Gasteiger partial charge is 0.268 e. The normalized spacial score (nSPS) is 10.4. The third kappa shape index (κ3) is 2.26. The van der Waals surface area contributed by atoms with Gasteiger partial charge in [-0.15, -0.1) is 0 Å². The van der Waals surface area contributed by atoms with Gasteiger partial charge in [0, 0.05) is 14.1 Å². The number of nitrogens with one attached hydrogen (secondary N) is 1. The zero-order valence-corrected chi connectivity index (χ0v) is 7.84. The van der Waals surface area contributed by atoms with Crippen molar-refractivity contribution in [1.82, 2.24) is 10.4 Å². The van der Waals surface area contributed by atoms with Crippen LogP contribution in [0.1, 0.15) is 10.4 Å². The van der Waals surface area contributed by atoms with Gasteiger partial charge in [0.25, 0.3) is 5.91 Å². The van der Waals surface area contributed by atoms with Crippen molar-refractivity contribution in [3.8, 4) is 0 Å². The predicted molar refractivity (Wildman–Crippen MR) is 47.5 cm³/mol. The summed E-state index contributed by atoms with van der Waals surface area (Å²) in [6, 6.07) is 3.46. The highest BCUT2D eigenvalue weighted by atomic mass is 19.2. The molecule has 1 aromatic rings. The number of benzene rings is 1. The maximum absolute atomic E-state index is 13.0. The second-order valence-corrected chi connectivity index (χ2v) is 2.94. The molecule has 0 aliphatic heterocycles. The van der Waals surface area contributed by atoms with Crippen molar-refractivity contribution in [2.75, 3.05) is 14.1 Å². The molecule has 0 radical (unpaired) electrons. The second-order valence-electron chi connectivity index (χ2n) is 2.94. The Morgan fingerprint density at radius 2 is 2.00 bits per heavy atom. The number of rotatable bonds is 2. The lowest BCUT2D eigenvalue weighted by atomic mass is 10.2. The summed E-state index contributed by atoms with van der Waals surface area (Å²) < 4.78 is 25.8. The molecule has 5 heteroatoms. The van der Waals surface area contributed by atoms with E-state index >= 15 is 0 Å². The van der Waals surface area contributed by atoms with E-state index in [0.29, 0.717) is 0 Å². The van der Waals surface area contributed by atoms with Crippen LogP contribution in [0.25, 0.3) is 0 Å². The number of hydrogen-bond acceptors (Lipinski definition) is 2. The Morgan fingerprint density at radius 1 is 1.36 bits per heavy atom. The third-order valence-corrected chi connectivity index (χ3v) is 1.52. The summed E-state index contributed by atoms with van der Waals surface area (Å²) in [5, 5.41) is 1.35. The minimum absolute atomic E-state index is 0.307. The molecule has 0 saturated heterocycles. The Labute approximate surface area is 80.3 Å². The molecular formula is C9H10F2N2O. The summed E-state index contributed by atoms with van der Waals surface area (Å²) >= 11 is 0.